The molecule has 1 aliphatic carbocycles. The zero-order valence-electron chi connectivity index (χ0n) is 9.66. The molecule has 0 radical (unpaired) electrons. The zero-order valence-corrected chi connectivity index (χ0v) is 11.2. The molecule has 6 heteroatoms. The standard InChI is InChI=1S/C11H14BrN3O2/c1-6-3-8(6)10(16)13-14-11(17)9-4-7(12)5-15(9)2/h4-6,8H,3H2,1-2H3,(H,13,16)(H,14,17). The van der Waals surface area contributed by atoms with Gasteiger partial charge in [0.2, 0.25) is 5.91 Å². The quantitative estimate of drug-likeness (QED) is 0.806. The number of nitrogens with zero attached hydrogens (tertiary/aromatic N) is 1. The van der Waals surface area contributed by atoms with Crippen molar-refractivity contribution >= 4 is 27.7 Å². The van der Waals surface area contributed by atoms with Gasteiger partial charge in [0.15, 0.2) is 0 Å². The first-order valence-corrected chi connectivity index (χ1v) is 6.20. The Kier molecular flexibility index (Phi) is 3.24. The number of aromatic nitrogens is 1. The molecular formula is C11H14BrN3O2. The Labute approximate surface area is 108 Å². The van der Waals surface area contributed by atoms with Crippen molar-refractivity contribution in [3.63, 3.8) is 0 Å². The normalized spacial score (nSPS) is 22.1. The fourth-order valence-corrected chi connectivity index (χ4v) is 2.24. The van der Waals surface area contributed by atoms with E-state index in [4.69, 9.17) is 0 Å². The van der Waals surface area contributed by atoms with E-state index in [2.05, 4.69) is 26.8 Å². The van der Waals surface area contributed by atoms with Gasteiger partial charge in [-0.3, -0.25) is 20.4 Å². The molecule has 2 N–H and O–H groups in total. The highest BCUT2D eigenvalue weighted by Gasteiger charge is 2.39. The maximum absolute atomic E-state index is 11.7. The van der Waals surface area contributed by atoms with E-state index in [9.17, 15) is 9.59 Å². The highest BCUT2D eigenvalue weighted by molar-refractivity contribution is 9.10. The van der Waals surface area contributed by atoms with Crippen molar-refractivity contribution in [3.8, 4) is 0 Å². The number of hydrazine groups is 1. The van der Waals surface area contributed by atoms with Crippen LogP contribution in [0, 0.1) is 11.8 Å². The van der Waals surface area contributed by atoms with Crippen LogP contribution in [0.25, 0.3) is 0 Å². The summed E-state index contributed by atoms with van der Waals surface area (Å²) in [5, 5.41) is 0. The minimum absolute atomic E-state index is 0.0513. The van der Waals surface area contributed by atoms with Gasteiger partial charge in [0.05, 0.1) is 0 Å². The van der Waals surface area contributed by atoms with Crippen molar-refractivity contribution in [1.29, 1.82) is 0 Å². The molecule has 1 heterocycles. The summed E-state index contributed by atoms with van der Waals surface area (Å²) in [6.45, 7) is 2.01. The van der Waals surface area contributed by atoms with Crippen molar-refractivity contribution in [3.05, 3.63) is 22.4 Å². The average Bonchev–Trinajstić information content (AvgIpc) is 2.89. The van der Waals surface area contributed by atoms with Gasteiger partial charge in [-0.1, -0.05) is 6.92 Å². The highest BCUT2D eigenvalue weighted by Crippen LogP contribution is 2.37. The van der Waals surface area contributed by atoms with E-state index in [1.165, 1.54) is 0 Å². The average molecular weight is 300 g/mol. The Bertz CT molecular complexity index is 469. The first-order valence-electron chi connectivity index (χ1n) is 5.41. The van der Waals surface area contributed by atoms with E-state index in [0.29, 0.717) is 11.6 Å². The third-order valence-electron chi connectivity index (χ3n) is 2.95. The van der Waals surface area contributed by atoms with Crippen LogP contribution in [0.2, 0.25) is 0 Å². The second-order valence-electron chi connectivity index (χ2n) is 4.42. The van der Waals surface area contributed by atoms with Crippen LogP contribution in [0.5, 0.6) is 0 Å². The summed E-state index contributed by atoms with van der Waals surface area (Å²) in [6, 6.07) is 1.70. The molecule has 92 valence electrons. The highest BCUT2D eigenvalue weighted by atomic mass is 79.9. The lowest BCUT2D eigenvalue weighted by atomic mass is 10.3. The number of carbonyl (C=O) groups is 2. The molecule has 1 aromatic heterocycles. The molecule has 1 saturated carbocycles. The molecule has 0 aromatic carbocycles. The molecule has 0 saturated heterocycles. The summed E-state index contributed by atoms with van der Waals surface area (Å²) >= 11 is 3.28. The fraction of sp³-hybridized carbons (Fsp3) is 0.455. The lowest BCUT2D eigenvalue weighted by Gasteiger charge is -2.07. The summed E-state index contributed by atoms with van der Waals surface area (Å²) in [4.78, 5) is 23.2. The minimum atomic E-state index is -0.320. The summed E-state index contributed by atoms with van der Waals surface area (Å²) in [5.41, 5.74) is 5.34. The monoisotopic (exact) mass is 299 g/mol. The molecule has 0 bridgehead atoms. The van der Waals surface area contributed by atoms with E-state index in [1.54, 1.807) is 23.9 Å². The lowest BCUT2D eigenvalue weighted by molar-refractivity contribution is -0.123. The summed E-state index contributed by atoms with van der Waals surface area (Å²) < 4.78 is 2.51. The van der Waals surface area contributed by atoms with Crippen LogP contribution >= 0.6 is 15.9 Å². The number of hydrogen-bond acceptors (Lipinski definition) is 2. The third-order valence-corrected chi connectivity index (χ3v) is 3.38. The minimum Gasteiger partial charge on any atom is -0.345 e. The molecule has 0 aliphatic heterocycles. The van der Waals surface area contributed by atoms with Crippen LogP contribution in [0.1, 0.15) is 23.8 Å². The van der Waals surface area contributed by atoms with Crippen LogP contribution in [0.4, 0.5) is 0 Å². The predicted octanol–water partition coefficient (Wildman–Crippen LogP) is 1.20. The number of rotatable bonds is 2. The first kappa shape index (κ1) is 12.2. The van der Waals surface area contributed by atoms with Gasteiger partial charge in [-0.2, -0.15) is 0 Å². The Balaban J connectivity index is 1.89. The van der Waals surface area contributed by atoms with Crippen LogP contribution in [-0.2, 0) is 11.8 Å². The summed E-state index contributed by atoms with van der Waals surface area (Å²) in [6.07, 6.45) is 2.68. The molecule has 2 unspecified atom stereocenters. The second kappa shape index (κ2) is 4.52. The van der Waals surface area contributed by atoms with E-state index in [-0.39, 0.29) is 17.7 Å². The smallest absolute Gasteiger partial charge is 0.286 e. The molecule has 1 fully saturated rings. The van der Waals surface area contributed by atoms with Gasteiger partial charge in [0, 0.05) is 23.6 Å². The SMILES string of the molecule is CC1CC1C(=O)NNC(=O)c1cc(Br)cn1C. The Morgan fingerprint density at radius 2 is 2.12 bits per heavy atom. The van der Waals surface area contributed by atoms with Gasteiger partial charge in [0.25, 0.3) is 5.91 Å². The Morgan fingerprint density at radius 1 is 1.47 bits per heavy atom. The number of nitrogens with one attached hydrogen (secondary N) is 2. The van der Waals surface area contributed by atoms with Crippen molar-refractivity contribution in [2.45, 2.75) is 13.3 Å². The lowest BCUT2D eigenvalue weighted by Crippen LogP contribution is -2.43. The number of carbonyl (C=O) groups excluding carboxylic acids is 2. The van der Waals surface area contributed by atoms with Crippen LogP contribution < -0.4 is 10.9 Å². The molecule has 2 atom stereocenters. The van der Waals surface area contributed by atoms with Crippen LogP contribution in [-0.4, -0.2) is 16.4 Å². The topological polar surface area (TPSA) is 63.1 Å². The molecule has 1 aromatic rings. The number of halogens is 1. The fourth-order valence-electron chi connectivity index (χ4n) is 1.71. The Morgan fingerprint density at radius 3 is 2.59 bits per heavy atom. The van der Waals surface area contributed by atoms with Gasteiger partial charge in [-0.25, -0.2) is 0 Å². The molecule has 5 nitrogen and oxygen atoms in total. The third kappa shape index (κ3) is 2.69. The second-order valence-corrected chi connectivity index (χ2v) is 5.33. The van der Waals surface area contributed by atoms with E-state index in [0.717, 1.165) is 10.9 Å². The van der Waals surface area contributed by atoms with E-state index >= 15 is 0 Å². The molecule has 1 aliphatic rings. The maximum atomic E-state index is 11.7. The van der Waals surface area contributed by atoms with E-state index < -0.39 is 0 Å². The summed E-state index contributed by atoms with van der Waals surface area (Å²) in [5.74, 6) is 0.0468. The van der Waals surface area contributed by atoms with Gasteiger partial charge >= 0.3 is 0 Å². The van der Waals surface area contributed by atoms with Crippen molar-refractivity contribution in [2.24, 2.45) is 18.9 Å². The number of aryl methyl sites for hydroxylation is 1. The van der Waals surface area contributed by atoms with Gasteiger partial charge in [-0.15, -0.1) is 0 Å². The van der Waals surface area contributed by atoms with Gasteiger partial charge in [-0.05, 0) is 34.3 Å². The van der Waals surface area contributed by atoms with Gasteiger partial charge in [0.1, 0.15) is 5.69 Å². The maximum Gasteiger partial charge on any atom is 0.286 e. The predicted molar refractivity (Wildman–Crippen MR) is 66.0 cm³/mol. The molecular weight excluding hydrogens is 286 g/mol. The van der Waals surface area contributed by atoms with Gasteiger partial charge < -0.3 is 4.57 Å². The molecule has 2 rings (SSSR count). The first-order chi connectivity index (χ1) is 7.99. The van der Waals surface area contributed by atoms with Crippen molar-refractivity contribution in [2.75, 3.05) is 0 Å². The van der Waals surface area contributed by atoms with Crippen LogP contribution in [0.3, 0.4) is 0 Å². The van der Waals surface area contributed by atoms with Crippen molar-refractivity contribution < 1.29 is 9.59 Å². The molecule has 2 amide bonds. The molecule has 0 spiro atoms. The molecule has 17 heavy (non-hydrogen) atoms. The zero-order chi connectivity index (χ0) is 12.6. The largest absolute Gasteiger partial charge is 0.345 e. The van der Waals surface area contributed by atoms with E-state index in [1.807, 2.05) is 6.92 Å². The summed E-state index contributed by atoms with van der Waals surface area (Å²) in [7, 11) is 1.77. The van der Waals surface area contributed by atoms with Crippen molar-refractivity contribution in [1.82, 2.24) is 15.4 Å². The number of amides is 2. The number of hydrogen-bond donors (Lipinski definition) is 2. The Hall–Kier alpha value is -1.30. The van der Waals surface area contributed by atoms with Crippen LogP contribution in [0.15, 0.2) is 16.7 Å².